The zero-order chi connectivity index (χ0) is 18.2. The molecule has 1 aromatic carbocycles. The van der Waals surface area contributed by atoms with E-state index in [1.165, 1.54) is 0 Å². The van der Waals surface area contributed by atoms with Gasteiger partial charge in [0.1, 0.15) is 0 Å². The van der Waals surface area contributed by atoms with Crippen molar-refractivity contribution < 1.29 is 4.21 Å². The van der Waals surface area contributed by atoms with Crippen molar-refractivity contribution in [2.45, 2.75) is 4.90 Å². The van der Waals surface area contributed by atoms with Gasteiger partial charge in [0.05, 0.1) is 10.8 Å². The normalized spacial score (nSPS) is 15.8. The predicted molar refractivity (Wildman–Crippen MR) is 120 cm³/mol. The fourth-order valence-corrected chi connectivity index (χ4v) is 3.83. The molecule has 1 N–H and O–H groups in total. The molecule has 0 spiro atoms. The van der Waals surface area contributed by atoms with Crippen molar-refractivity contribution in [1.82, 2.24) is 20.2 Å². The van der Waals surface area contributed by atoms with E-state index in [-0.39, 0.29) is 24.0 Å². The molecular weight excluding hydrogens is 475 g/mol. The van der Waals surface area contributed by atoms with Gasteiger partial charge in [0.25, 0.3) is 0 Å². The van der Waals surface area contributed by atoms with Crippen LogP contribution in [0.2, 0.25) is 0 Å². The highest BCUT2D eigenvalue weighted by Gasteiger charge is 2.21. The molecule has 0 aliphatic carbocycles. The van der Waals surface area contributed by atoms with Crippen molar-refractivity contribution in [2.24, 2.45) is 4.99 Å². The van der Waals surface area contributed by atoms with Crippen LogP contribution in [0.4, 0.5) is 5.95 Å². The molecule has 2 heterocycles. The third-order valence-electron chi connectivity index (χ3n) is 4.20. The number of aliphatic imine (C=N–C) groups is 1. The Morgan fingerprint density at radius 2 is 1.78 bits per heavy atom. The van der Waals surface area contributed by atoms with Gasteiger partial charge in [-0.3, -0.25) is 9.20 Å². The summed E-state index contributed by atoms with van der Waals surface area (Å²) in [5.41, 5.74) is 0. The maximum atomic E-state index is 12.3. The number of guanidine groups is 1. The van der Waals surface area contributed by atoms with Crippen LogP contribution in [0.1, 0.15) is 0 Å². The Balaban J connectivity index is 0.00000261. The molecule has 0 amide bonds. The minimum atomic E-state index is -0.998. The summed E-state index contributed by atoms with van der Waals surface area (Å²) in [7, 11) is 0.783. The topological polar surface area (TPSA) is 73.7 Å². The first-order valence-electron chi connectivity index (χ1n) is 8.69. The van der Waals surface area contributed by atoms with E-state index >= 15 is 0 Å². The minimum Gasteiger partial charge on any atom is -0.355 e. The fourth-order valence-electron chi connectivity index (χ4n) is 2.85. The van der Waals surface area contributed by atoms with Crippen LogP contribution in [-0.4, -0.2) is 70.6 Å². The molecule has 1 unspecified atom stereocenters. The van der Waals surface area contributed by atoms with Crippen LogP contribution in [0, 0.1) is 0 Å². The number of nitrogens with zero attached hydrogens (tertiary/aromatic N) is 5. The Morgan fingerprint density at radius 3 is 2.41 bits per heavy atom. The molecule has 2 aromatic rings. The molecule has 146 valence electrons. The van der Waals surface area contributed by atoms with Gasteiger partial charge in [0.15, 0.2) is 5.96 Å². The monoisotopic (exact) mass is 500 g/mol. The molecule has 7 nitrogen and oxygen atoms in total. The molecule has 1 aliphatic heterocycles. The summed E-state index contributed by atoms with van der Waals surface area (Å²) >= 11 is 0. The van der Waals surface area contributed by atoms with E-state index in [4.69, 9.17) is 0 Å². The summed E-state index contributed by atoms with van der Waals surface area (Å²) in [6.45, 7) is 4.01. The number of hydrogen-bond donors (Lipinski definition) is 1. The first-order chi connectivity index (χ1) is 12.8. The Bertz CT molecular complexity index is 738. The van der Waals surface area contributed by atoms with Gasteiger partial charge in [-0.1, -0.05) is 18.2 Å². The van der Waals surface area contributed by atoms with Crippen molar-refractivity contribution in [3.8, 4) is 0 Å². The van der Waals surface area contributed by atoms with Crippen molar-refractivity contribution >= 4 is 46.7 Å². The molecule has 0 saturated carbocycles. The molecule has 27 heavy (non-hydrogen) atoms. The van der Waals surface area contributed by atoms with Crippen molar-refractivity contribution in [1.29, 1.82) is 0 Å². The van der Waals surface area contributed by atoms with E-state index in [1.807, 2.05) is 36.4 Å². The Kier molecular flexibility index (Phi) is 8.92. The lowest BCUT2D eigenvalue weighted by atomic mass is 10.3. The van der Waals surface area contributed by atoms with Gasteiger partial charge < -0.3 is 15.1 Å². The maximum Gasteiger partial charge on any atom is 0.225 e. The minimum absolute atomic E-state index is 0. The molecule has 1 aromatic heterocycles. The number of anilines is 1. The molecule has 1 aliphatic rings. The first kappa shape index (κ1) is 21.5. The number of rotatable bonds is 5. The zero-order valence-electron chi connectivity index (χ0n) is 15.3. The molecule has 3 rings (SSSR count). The number of benzene rings is 1. The van der Waals surface area contributed by atoms with E-state index < -0.39 is 10.8 Å². The van der Waals surface area contributed by atoms with E-state index in [1.54, 1.807) is 19.4 Å². The van der Waals surface area contributed by atoms with Crippen LogP contribution in [0.3, 0.4) is 0 Å². The van der Waals surface area contributed by atoms with Crippen molar-refractivity contribution in [3.63, 3.8) is 0 Å². The van der Waals surface area contributed by atoms with E-state index in [9.17, 15) is 4.21 Å². The Labute approximate surface area is 179 Å². The maximum absolute atomic E-state index is 12.3. The van der Waals surface area contributed by atoms with E-state index in [2.05, 4.69) is 30.1 Å². The first-order valence-corrected chi connectivity index (χ1v) is 10.0. The third kappa shape index (κ3) is 6.13. The van der Waals surface area contributed by atoms with Gasteiger partial charge in [-0.15, -0.1) is 24.0 Å². The summed E-state index contributed by atoms with van der Waals surface area (Å²) in [5, 5.41) is 3.33. The third-order valence-corrected chi connectivity index (χ3v) is 5.58. The van der Waals surface area contributed by atoms with Crippen molar-refractivity contribution in [2.75, 3.05) is 50.4 Å². The smallest absolute Gasteiger partial charge is 0.225 e. The van der Waals surface area contributed by atoms with Crippen LogP contribution in [0.5, 0.6) is 0 Å². The zero-order valence-corrected chi connectivity index (χ0v) is 18.5. The molecular formula is C18H25IN6OS. The van der Waals surface area contributed by atoms with Crippen molar-refractivity contribution in [3.05, 3.63) is 48.8 Å². The van der Waals surface area contributed by atoms with Gasteiger partial charge >= 0.3 is 0 Å². The average Bonchev–Trinajstić information content (AvgIpc) is 2.72. The molecule has 1 atom stereocenters. The number of aromatic nitrogens is 2. The highest BCUT2D eigenvalue weighted by molar-refractivity contribution is 14.0. The Hall–Kier alpha value is -1.75. The van der Waals surface area contributed by atoms with Crippen LogP contribution in [0.15, 0.2) is 58.7 Å². The van der Waals surface area contributed by atoms with Gasteiger partial charge in [-0.25, -0.2) is 9.97 Å². The lowest BCUT2D eigenvalue weighted by Crippen LogP contribution is -2.53. The van der Waals surface area contributed by atoms with Crippen LogP contribution in [-0.2, 0) is 10.8 Å². The summed E-state index contributed by atoms with van der Waals surface area (Å²) in [6.07, 6.45) is 3.53. The highest BCUT2D eigenvalue weighted by Crippen LogP contribution is 2.10. The summed E-state index contributed by atoms with van der Waals surface area (Å²) in [6, 6.07) is 11.4. The summed E-state index contributed by atoms with van der Waals surface area (Å²) < 4.78 is 12.3. The fraction of sp³-hybridized carbons (Fsp3) is 0.389. The largest absolute Gasteiger partial charge is 0.355 e. The summed E-state index contributed by atoms with van der Waals surface area (Å²) in [4.78, 5) is 18.2. The SMILES string of the molecule is CN=C(NCCS(=O)c1ccccc1)N1CCN(c2ncccn2)CC1.I. The molecule has 1 saturated heterocycles. The molecule has 0 bridgehead atoms. The second kappa shape index (κ2) is 11.2. The summed E-state index contributed by atoms with van der Waals surface area (Å²) in [5.74, 6) is 2.18. The molecule has 1 fully saturated rings. The van der Waals surface area contributed by atoms with Crippen LogP contribution in [0.25, 0.3) is 0 Å². The lowest BCUT2D eigenvalue weighted by Gasteiger charge is -2.36. The van der Waals surface area contributed by atoms with Gasteiger partial charge in [0, 0.05) is 62.8 Å². The van der Waals surface area contributed by atoms with Gasteiger partial charge in [-0.05, 0) is 18.2 Å². The Morgan fingerprint density at radius 1 is 1.11 bits per heavy atom. The van der Waals surface area contributed by atoms with E-state index in [0.29, 0.717) is 12.3 Å². The molecule has 9 heteroatoms. The number of nitrogens with one attached hydrogen (secondary N) is 1. The number of halogens is 1. The van der Waals surface area contributed by atoms with Gasteiger partial charge in [0.2, 0.25) is 5.95 Å². The second-order valence-corrected chi connectivity index (χ2v) is 7.43. The second-order valence-electron chi connectivity index (χ2n) is 5.86. The van der Waals surface area contributed by atoms with Crippen LogP contribution >= 0.6 is 24.0 Å². The lowest BCUT2D eigenvalue weighted by molar-refractivity contribution is 0.371. The molecule has 0 radical (unpaired) electrons. The van der Waals surface area contributed by atoms with Gasteiger partial charge in [-0.2, -0.15) is 0 Å². The highest BCUT2D eigenvalue weighted by atomic mass is 127. The standard InChI is InChI=1S/C18H24N6OS.HI/c1-19-17(22-10-15-26(25)16-6-3-2-4-7-16)23-11-13-24(14-12-23)18-20-8-5-9-21-18;/h2-9H,10-15H2,1H3,(H,19,22);1H. The quantitative estimate of drug-likeness (QED) is 0.382. The number of hydrogen-bond acceptors (Lipinski definition) is 5. The predicted octanol–water partition coefficient (Wildman–Crippen LogP) is 1.60. The number of piperazine rings is 1. The average molecular weight is 500 g/mol. The van der Waals surface area contributed by atoms with Crippen LogP contribution < -0.4 is 10.2 Å². The van der Waals surface area contributed by atoms with E-state index in [0.717, 1.165) is 43.0 Å².